The lowest BCUT2D eigenvalue weighted by molar-refractivity contribution is 0.0594. The fraction of sp³-hybridized carbons (Fsp3) is 0.214. The number of anilines is 1. The van der Waals surface area contributed by atoms with Crippen molar-refractivity contribution < 1.29 is 26.7 Å². The maximum absolute atomic E-state index is 13.9. The zero-order valence-electron chi connectivity index (χ0n) is 13.0. The molecule has 0 saturated heterocycles. The van der Waals surface area contributed by atoms with Crippen molar-refractivity contribution in [2.45, 2.75) is 5.75 Å². The molecule has 2 aromatic rings. The number of esters is 1. The van der Waals surface area contributed by atoms with Crippen molar-refractivity contribution in [2.75, 3.05) is 18.5 Å². The highest BCUT2D eigenvalue weighted by Crippen LogP contribution is 2.27. The lowest BCUT2D eigenvalue weighted by atomic mass is 10.2. The lowest BCUT2D eigenvalue weighted by Gasteiger charge is -2.20. The third-order valence-corrected chi connectivity index (χ3v) is 5.31. The first-order valence-corrected chi connectivity index (χ1v) is 8.66. The molecule has 0 aliphatic carbocycles. The Labute approximate surface area is 147 Å². The molecule has 1 heterocycles. The second-order valence-corrected chi connectivity index (χ2v) is 7.14. The quantitative estimate of drug-likeness (QED) is 0.573. The van der Waals surface area contributed by atoms with Gasteiger partial charge in [-0.1, -0.05) is 11.6 Å². The molecule has 0 amide bonds. The minimum atomic E-state index is -4.26. The number of rotatable bonds is 5. The Bertz CT molecular complexity index is 924. The van der Waals surface area contributed by atoms with Crippen LogP contribution in [0.1, 0.15) is 16.1 Å². The highest BCUT2D eigenvalue weighted by molar-refractivity contribution is 7.92. The van der Waals surface area contributed by atoms with Crippen LogP contribution in [0.3, 0.4) is 0 Å². The van der Waals surface area contributed by atoms with Gasteiger partial charge in [-0.05, 0) is 12.1 Å². The van der Waals surface area contributed by atoms with E-state index in [9.17, 15) is 22.0 Å². The third kappa shape index (κ3) is 3.85. The zero-order chi connectivity index (χ0) is 18.8. The summed E-state index contributed by atoms with van der Waals surface area (Å²) in [6.45, 7) is 0. The van der Waals surface area contributed by atoms with Gasteiger partial charge in [-0.15, -0.1) is 0 Å². The molecule has 0 atom stereocenters. The molecule has 0 unspecified atom stereocenters. The summed E-state index contributed by atoms with van der Waals surface area (Å²) in [6.07, 6.45) is 2.35. The largest absolute Gasteiger partial charge is 0.464 e. The Morgan fingerprint density at radius 2 is 1.84 bits per heavy atom. The first-order valence-electron chi connectivity index (χ1n) is 6.67. The van der Waals surface area contributed by atoms with Gasteiger partial charge in [0.1, 0.15) is 11.6 Å². The molecule has 11 heteroatoms. The Hall–Kier alpha value is -2.33. The van der Waals surface area contributed by atoms with Gasteiger partial charge in [0.25, 0.3) is 0 Å². The summed E-state index contributed by atoms with van der Waals surface area (Å²) in [6, 6.07) is 1.56. The number of benzene rings is 1. The average Bonchev–Trinajstić information content (AvgIpc) is 2.60. The number of methoxy groups -OCH3 is 1. The molecule has 134 valence electrons. The Morgan fingerprint density at radius 3 is 2.48 bits per heavy atom. The molecule has 0 aliphatic heterocycles. The van der Waals surface area contributed by atoms with Crippen molar-refractivity contribution in [1.29, 1.82) is 0 Å². The zero-order valence-corrected chi connectivity index (χ0v) is 14.6. The summed E-state index contributed by atoms with van der Waals surface area (Å²) < 4.78 is 57.6. The summed E-state index contributed by atoms with van der Waals surface area (Å²) in [5, 5.41) is -0.635. The SMILES string of the molecule is COC(=O)c1nccnc1N(C)S(=O)(=O)Cc1c(F)ccc(F)c1Cl. The van der Waals surface area contributed by atoms with Gasteiger partial charge in [0, 0.05) is 25.0 Å². The van der Waals surface area contributed by atoms with E-state index in [4.69, 9.17) is 11.6 Å². The van der Waals surface area contributed by atoms with E-state index in [0.717, 1.165) is 26.3 Å². The van der Waals surface area contributed by atoms with Gasteiger partial charge in [0.05, 0.1) is 17.9 Å². The average molecular weight is 392 g/mol. The van der Waals surface area contributed by atoms with E-state index < -0.39 is 44.0 Å². The molecule has 1 aromatic carbocycles. The van der Waals surface area contributed by atoms with E-state index in [2.05, 4.69) is 14.7 Å². The van der Waals surface area contributed by atoms with Gasteiger partial charge in [0.15, 0.2) is 11.5 Å². The summed E-state index contributed by atoms with van der Waals surface area (Å²) in [4.78, 5) is 19.2. The lowest BCUT2D eigenvalue weighted by Crippen LogP contribution is -2.31. The molecular formula is C14H12ClF2N3O4S. The van der Waals surface area contributed by atoms with E-state index in [-0.39, 0.29) is 11.5 Å². The summed E-state index contributed by atoms with van der Waals surface area (Å²) in [5.41, 5.74) is -0.876. The monoisotopic (exact) mass is 391 g/mol. The predicted molar refractivity (Wildman–Crippen MR) is 85.8 cm³/mol. The van der Waals surface area contributed by atoms with E-state index >= 15 is 0 Å². The van der Waals surface area contributed by atoms with Crippen LogP contribution in [-0.2, 0) is 20.5 Å². The molecule has 0 spiro atoms. The first kappa shape index (κ1) is 19.0. The van der Waals surface area contributed by atoms with Gasteiger partial charge in [-0.3, -0.25) is 4.31 Å². The van der Waals surface area contributed by atoms with Crippen LogP contribution >= 0.6 is 11.6 Å². The Morgan fingerprint density at radius 1 is 1.24 bits per heavy atom. The standard InChI is InChI=1S/C14H12ClF2N3O4S/c1-20(13-12(14(21)24-2)18-5-6-19-13)25(22,23)7-8-9(16)3-4-10(17)11(8)15/h3-6H,7H2,1-2H3. The van der Waals surface area contributed by atoms with Gasteiger partial charge in [-0.25, -0.2) is 32.0 Å². The Kier molecular flexibility index (Phi) is 5.53. The summed E-state index contributed by atoms with van der Waals surface area (Å²) in [7, 11) is -2.07. The minimum Gasteiger partial charge on any atom is -0.464 e. The summed E-state index contributed by atoms with van der Waals surface area (Å²) in [5.74, 6) is -4.09. The maximum Gasteiger partial charge on any atom is 0.360 e. The third-order valence-electron chi connectivity index (χ3n) is 3.24. The highest BCUT2D eigenvalue weighted by atomic mass is 35.5. The number of halogens is 3. The van der Waals surface area contributed by atoms with Gasteiger partial charge >= 0.3 is 5.97 Å². The van der Waals surface area contributed by atoms with Gasteiger partial charge in [0.2, 0.25) is 10.0 Å². The Balaban J connectivity index is 2.45. The van der Waals surface area contributed by atoms with Crippen LogP contribution in [0.2, 0.25) is 5.02 Å². The van der Waals surface area contributed by atoms with Crippen molar-refractivity contribution in [2.24, 2.45) is 0 Å². The molecule has 0 aliphatic rings. The van der Waals surface area contributed by atoms with Gasteiger partial charge < -0.3 is 4.74 Å². The molecule has 7 nitrogen and oxygen atoms in total. The number of hydrogen-bond acceptors (Lipinski definition) is 6. The number of carbonyl (C=O) groups is 1. The maximum atomic E-state index is 13.9. The van der Waals surface area contributed by atoms with E-state index in [1.54, 1.807) is 0 Å². The summed E-state index contributed by atoms with van der Waals surface area (Å²) >= 11 is 5.66. The molecule has 25 heavy (non-hydrogen) atoms. The van der Waals surface area contributed by atoms with Crippen LogP contribution < -0.4 is 4.31 Å². The van der Waals surface area contributed by atoms with Crippen molar-refractivity contribution in [3.05, 3.63) is 52.4 Å². The number of carbonyl (C=O) groups excluding carboxylic acids is 1. The topological polar surface area (TPSA) is 89.5 Å². The fourth-order valence-electron chi connectivity index (χ4n) is 1.91. The fourth-order valence-corrected chi connectivity index (χ4v) is 3.45. The van der Waals surface area contributed by atoms with Crippen molar-refractivity contribution in [3.8, 4) is 0 Å². The van der Waals surface area contributed by atoms with Crippen LogP contribution in [0.15, 0.2) is 24.5 Å². The number of aromatic nitrogens is 2. The molecule has 0 fully saturated rings. The molecule has 2 rings (SSSR count). The van der Waals surface area contributed by atoms with E-state index in [1.807, 2.05) is 0 Å². The van der Waals surface area contributed by atoms with Gasteiger partial charge in [-0.2, -0.15) is 0 Å². The molecule has 0 N–H and O–H groups in total. The van der Waals surface area contributed by atoms with E-state index in [1.165, 1.54) is 12.4 Å². The van der Waals surface area contributed by atoms with Crippen LogP contribution in [0.25, 0.3) is 0 Å². The predicted octanol–water partition coefficient (Wildman–Crippen LogP) is 2.16. The first-order chi connectivity index (χ1) is 11.7. The highest BCUT2D eigenvalue weighted by Gasteiger charge is 2.28. The van der Waals surface area contributed by atoms with Crippen molar-refractivity contribution in [1.82, 2.24) is 9.97 Å². The molecule has 0 saturated carbocycles. The minimum absolute atomic E-state index is 0.317. The van der Waals surface area contributed by atoms with Crippen LogP contribution in [-0.4, -0.2) is 38.5 Å². The second kappa shape index (κ2) is 7.28. The molecule has 1 aromatic heterocycles. The van der Waals surface area contributed by atoms with Crippen LogP contribution in [0.4, 0.5) is 14.6 Å². The van der Waals surface area contributed by atoms with Crippen molar-refractivity contribution in [3.63, 3.8) is 0 Å². The van der Waals surface area contributed by atoms with Crippen molar-refractivity contribution >= 4 is 33.4 Å². The number of sulfonamides is 1. The second-order valence-electron chi connectivity index (χ2n) is 4.77. The molecule has 0 radical (unpaired) electrons. The molecule has 0 bridgehead atoms. The molecular weight excluding hydrogens is 380 g/mol. The number of hydrogen-bond donors (Lipinski definition) is 0. The number of nitrogens with zero attached hydrogens (tertiary/aromatic N) is 3. The van der Waals surface area contributed by atoms with E-state index in [0.29, 0.717) is 4.31 Å². The smallest absolute Gasteiger partial charge is 0.360 e. The normalized spacial score (nSPS) is 11.2. The van der Waals surface area contributed by atoms with Crippen LogP contribution in [0, 0.1) is 11.6 Å². The van der Waals surface area contributed by atoms with Crippen LogP contribution in [0.5, 0.6) is 0 Å². The number of ether oxygens (including phenoxy) is 1.